The van der Waals surface area contributed by atoms with E-state index in [9.17, 15) is 19.5 Å². The number of aromatic carboxylic acids is 1. The number of carbonyl (C=O) groups is 3. The Kier molecular flexibility index (Phi) is 3.12. The molecule has 0 aliphatic carbocycles. The number of halogens is 1. The number of fused-ring (bicyclic) bond motifs is 5. The molecule has 2 fully saturated rings. The molecule has 0 unspecified atom stereocenters. The Hall–Kier alpha value is -2.22. The number of imide groups is 1. The van der Waals surface area contributed by atoms with E-state index in [2.05, 4.69) is 0 Å². The first kappa shape index (κ1) is 15.3. The summed E-state index contributed by atoms with van der Waals surface area (Å²) < 4.78 is 5.64. The van der Waals surface area contributed by atoms with Crippen LogP contribution >= 0.6 is 11.6 Å². The van der Waals surface area contributed by atoms with E-state index in [4.69, 9.17) is 21.4 Å². The van der Waals surface area contributed by atoms with Gasteiger partial charge in [-0.3, -0.25) is 9.59 Å². The molecule has 2 saturated heterocycles. The molecule has 3 aliphatic rings. The van der Waals surface area contributed by atoms with Gasteiger partial charge in [-0.1, -0.05) is 23.8 Å². The SMILES string of the molecule is O=C(O)c1cc(N2C(=O)[C@H]3[C@@H](C2=O)[C@@]2(CO)C=C[C@H]3O2)ccc1Cl. The number of carboxylic acids is 1. The molecule has 3 aliphatic heterocycles. The zero-order valence-corrected chi connectivity index (χ0v) is 12.9. The summed E-state index contributed by atoms with van der Waals surface area (Å²) in [6.45, 7) is -0.408. The minimum absolute atomic E-state index is 0.0161. The standard InChI is InChI=1S/C16H12ClNO6/c17-9-2-1-7(5-8(9)15(22)23)18-13(20)11-10-3-4-16(6-19,24-10)12(11)14(18)21/h1-5,10-12,19H,6H2,(H,22,23)/t10-,11-,12+,16+/m1/s1. The Labute approximate surface area is 141 Å². The number of carbonyl (C=O) groups excluding carboxylic acids is 2. The van der Waals surface area contributed by atoms with Crippen molar-refractivity contribution in [2.45, 2.75) is 11.7 Å². The van der Waals surface area contributed by atoms with Crippen molar-refractivity contribution in [3.63, 3.8) is 0 Å². The maximum absolute atomic E-state index is 12.8. The molecule has 4 rings (SSSR count). The molecule has 0 radical (unpaired) electrons. The van der Waals surface area contributed by atoms with E-state index >= 15 is 0 Å². The Morgan fingerprint density at radius 1 is 1.33 bits per heavy atom. The van der Waals surface area contributed by atoms with Gasteiger partial charge in [-0.2, -0.15) is 0 Å². The zero-order chi connectivity index (χ0) is 17.2. The van der Waals surface area contributed by atoms with Crippen LogP contribution in [0.1, 0.15) is 10.4 Å². The smallest absolute Gasteiger partial charge is 0.337 e. The molecule has 124 valence electrons. The number of hydrogen-bond donors (Lipinski definition) is 2. The monoisotopic (exact) mass is 349 g/mol. The first-order chi connectivity index (χ1) is 11.4. The number of hydrogen-bond acceptors (Lipinski definition) is 5. The van der Waals surface area contributed by atoms with Gasteiger partial charge < -0.3 is 14.9 Å². The first-order valence-electron chi connectivity index (χ1n) is 7.28. The third-order valence-electron chi connectivity index (χ3n) is 4.84. The van der Waals surface area contributed by atoms with E-state index in [1.165, 1.54) is 18.2 Å². The third-order valence-corrected chi connectivity index (χ3v) is 5.17. The maximum atomic E-state index is 12.8. The summed E-state index contributed by atoms with van der Waals surface area (Å²) in [5.41, 5.74) is -1.23. The van der Waals surface area contributed by atoms with E-state index in [-0.39, 0.29) is 16.3 Å². The molecule has 0 spiro atoms. The van der Waals surface area contributed by atoms with E-state index < -0.39 is 47.9 Å². The molecule has 2 amide bonds. The highest BCUT2D eigenvalue weighted by Gasteiger charge is 2.67. The lowest BCUT2D eigenvalue weighted by Gasteiger charge is -2.26. The van der Waals surface area contributed by atoms with Crippen LogP contribution in [0.15, 0.2) is 30.4 Å². The number of amides is 2. The van der Waals surface area contributed by atoms with E-state index in [1.54, 1.807) is 12.2 Å². The Morgan fingerprint density at radius 3 is 2.75 bits per heavy atom. The lowest BCUT2D eigenvalue weighted by molar-refractivity contribution is -0.128. The molecule has 8 heteroatoms. The number of aliphatic hydroxyl groups excluding tert-OH is 1. The molecule has 0 saturated carbocycles. The fourth-order valence-corrected chi connectivity index (χ4v) is 3.95. The Morgan fingerprint density at radius 2 is 2.08 bits per heavy atom. The van der Waals surface area contributed by atoms with Crippen molar-refractivity contribution < 1.29 is 29.3 Å². The van der Waals surface area contributed by atoms with Crippen LogP contribution in [-0.4, -0.2) is 46.3 Å². The topological polar surface area (TPSA) is 104 Å². The molecule has 1 aromatic rings. The zero-order valence-electron chi connectivity index (χ0n) is 12.2. The van der Waals surface area contributed by atoms with Crippen molar-refractivity contribution in [2.24, 2.45) is 11.8 Å². The van der Waals surface area contributed by atoms with Crippen molar-refractivity contribution in [3.05, 3.63) is 40.9 Å². The maximum Gasteiger partial charge on any atom is 0.337 e. The van der Waals surface area contributed by atoms with Gasteiger partial charge in [0.05, 0.1) is 40.8 Å². The number of benzene rings is 1. The number of rotatable bonds is 3. The molecule has 0 aromatic heterocycles. The fraction of sp³-hybridized carbons (Fsp3) is 0.312. The summed E-state index contributed by atoms with van der Waals surface area (Å²) in [4.78, 5) is 37.7. The quantitative estimate of drug-likeness (QED) is 0.619. The number of aliphatic hydroxyl groups is 1. The second-order valence-corrected chi connectivity index (χ2v) is 6.45. The van der Waals surface area contributed by atoms with Crippen LogP contribution in [0, 0.1) is 11.8 Å². The largest absolute Gasteiger partial charge is 0.478 e. The number of anilines is 1. The van der Waals surface area contributed by atoms with Crippen molar-refractivity contribution in [1.82, 2.24) is 0 Å². The summed E-state index contributed by atoms with van der Waals surface area (Å²) in [7, 11) is 0. The molecular weight excluding hydrogens is 338 g/mol. The molecule has 2 N–H and O–H groups in total. The van der Waals surface area contributed by atoms with E-state index in [0.717, 1.165) is 4.90 Å². The van der Waals surface area contributed by atoms with Crippen LogP contribution in [0.2, 0.25) is 5.02 Å². The van der Waals surface area contributed by atoms with Crippen LogP contribution in [0.3, 0.4) is 0 Å². The van der Waals surface area contributed by atoms with Gasteiger partial charge in [0, 0.05) is 0 Å². The van der Waals surface area contributed by atoms with E-state index in [0.29, 0.717) is 0 Å². The summed E-state index contributed by atoms with van der Waals surface area (Å²) in [6, 6.07) is 3.96. The predicted molar refractivity (Wildman–Crippen MR) is 81.7 cm³/mol. The van der Waals surface area contributed by atoms with Crippen molar-refractivity contribution >= 4 is 35.1 Å². The van der Waals surface area contributed by atoms with Crippen LogP contribution in [0.4, 0.5) is 5.69 Å². The molecule has 2 bridgehead atoms. The fourth-order valence-electron chi connectivity index (χ4n) is 3.75. The molecule has 24 heavy (non-hydrogen) atoms. The minimum Gasteiger partial charge on any atom is -0.478 e. The Bertz CT molecular complexity index is 821. The predicted octanol–water partition coefficient (Wildman–Crippen LogP) is 0.843. The average Bonchev–Trinajstić information content (AvgIpc) is 3.19. The van der Waals surface area contributed by atoms with Crippen LogP contribution in [-0.2, 0) is 14.3 Å². The second kappa shape index (κ2) is 4.89. The van der Waals surface area contributed by atoms with Gasteiger partial charge in [-0.15, -0.1) is 0 Å². The Balaban J connectivity index is 1.77. The highest BCUT2D eigenvalue weighted by atomic mass is 35.5. The van der Waals surface area contributed by atoms with Gasteiger partial charge in [0.25, 0.3) is 0 Å². The van der Waals surface area contributed by atoms with Crippen molar-refractivity contribution in [2.75, 3.05) is 11.5 Å². The summed E-state index contributed by atoms with van der Waals surface area (Å²) >= 11 is 5.84. The second-order valence-electron chi connectivity index (χ2n) is 6.04. The summed E-state index contributed by atoms with van der Waals surface area (Å²) in [5.74, 6) is -3.75. The number of carboxylic acid groups (broad SMARTS) is 1. The van der Waals surface area contributed by atoms with Gasteiger partial charge in [0.1, 0.15) is 5.60 Å². The molecule has 7 nitrogen and oxygen atoms in total. The van der Waals surface area contributed by atoms with Crippen LogP contribution in [0.25, 0.3) is 0 Å². The molecule has 4 atom stereocenters. The number of nitrogens with zero attached hydrogens (tertiary/aromatic N) is 1. The number of ether oxygens (including phenoxy) is 1. The van der Waals surface area contributed by atoms with E-state index in [1.807, 2.05) is 0 Å². The molecule has 1 aromatic carbocycles. The van der Waals surface area contributed by atoms with Crippen molar-refractivity contribution in [1.29, 1.82) is 0 Å². The lowest BCUT2D eigenvalue weighted by Crippen LogP contribution is -2.43. The van der Waals surface area contributed by atoms with Gasteiger partial charge in [-0.05, 0) is 18.2 Å². The van der Waals surface area contributed by atoms with Crippen molar-refractivity contribution in [3.8, 4) is 0 Å². The van der Waals surface area contributed by atoms with Gasteiger partial charge in [-0.25, -0.2) is 9.69 Å². The van der Waals surface area contributed by atoms with Gasteiger partial charge >= 0.3 is 5.97 Å². The average molecular weight is 350 g/mol. The lowest BCUT2D eigenvalue weighted by atomic mass is 9.77. The normalized spacial score (nSPS) is 33.4. The first-order valence-corrected chi connectivity index (χ1v) is 7.66. The molecular formula is C16H12ClNO6. The third kappa shape index (κ3) is 1.77. The van der Waals surface area contributed by atoms with Gasteiger partial charge in [0.2, 0.25) is 11.8 Å². The van der Waals surface area contributed by atoms with Gasteiger partial charge in [0.15, 0.2) is 0 Å². The molecule has 3 heterocycles. The highest BCUT2D eigenvalue weighted by Crippen LogP contribution is 2.52. The van der Waals surface area contributed by atoms with Crippen LogP contribution < -0.4 is 4.90 Å². The summed E-state index contributed by atoms with van der Waals surface area (Å²) in [5, 5.41) is 18.8. The summed E-state index contributed by atoms with van der Waals surface area (Å²) in [6.07, 6.45) is 2.74. The van der Waals surface area contributed by atoms with Crippen LogP contribution in [0.5, 0.6) is 0 Å². The highest BCUT2D eigenvalue weighted by molar-refractivity contribution is 6.34. The minimum atomic E-state index is -1.25.